The first kappa shape index (κ1) is 22.7. The van der Waals surface area contributed by atoms with Crippen molar-refractivity contribution in [1.82, 2.24) is 0 Å². The quantitative estimate of drug-likeness (QED) is 0.325. The SMILES string of the molecule is CC[C@@H]1[C@@H](O[C@H]2O[C@H](CO)[C@@H](O)[C@H](O)[C@H]2O)CC=C(C(=O)O)[C@H]1CC(=O)OC. The van der Waals surface area contributed by atoms with Crippen LogP contribution in [0.3, 0.4) is 0 Å². The maximum absolute atomic E-state index is 11.8. The summed E-state index contributed by atoms with van der Waals surface area (Å²) in [5.41, 5.74) is 0.103. The van der Waals surface area contributed by atoms with Crippen molar-refractivity contribution in [3.8, 4) is 0 Å². The van der Waals surface area contributed by atoms with E-state index < -0.39 is 61.3 Å². The topological polar surface area (TPSA) is 163 Å². The number of rotatable bonds is 7. The van der Waals surface area contributed by atoms with Crippen molar-refractivity contribution >= 4 is 11.9 Å². The van der Waals surface area contributed by atoms with Crippen LogP contribution >= 0.6 is 0 Å². The molecule has 28 heavy (non-hydrogen) atoms. The third-order valence-electron chi connectivity index (χ3n) is 5.45. The third kappa shape index (κ3) is 4.70. The second-order valence-corrected chi connectivity index (χ2v) is 7.03. The van der Waals surface area contributed by atoms with Crippen LogP contribution in [-0.2, 0) is 23.8 Å². The van der Waals surface area contributed by atoms with Gasteiger partial charge in [-0.25, -0.2) is 4.79 Å². The largest absolute Gasteiger partial charge is 0.478 e. The lowest BCUT2D eigenvalue weighted by Gasteiger charge is -2.43. The summed E-state index contributed by atoms with van der Waals surface area (Å²) in [6, 6.07) is 0. The van der Waals surface area contributed by atoms with Gasteiger partial charge in [0.1, 0.15) is 24.4 Å². The Morgan fingerprint density at radius 3 is 2.43 bits per heavy atom. The first-order chi connectivity index (χ1) is 13.2. The number of aliphatic hydroxyl groups is 4. The maximum Gasteiger partial charge on any atom is 0.331 e. The van der Waals surface area contributed by atoms with Gasteiger partial charge in [0.25, 0.3) is 0 Å². The van der Waals surface area contributed by atoms with Crippen LogP contribution in [0, 0.1) is 11.8 Å². The van der Waals surface area contributed by atoms with Gasteiger partial charge in [-0.3, -0.25) is 4.79 Å². The number of methoxy groups -OCH3 is 1. The standard InChI is InChI=1S/C18H28O10/c1-3-8-10(6-13(20)26-2)9(17(24)25)4-5-11(8)27-18-16(23)15(22)14(21)12(7-19)28-18/h4,8,10-12,14-16,18-19,21-23H,3,5-7H2,1-2H3,(H,24,25)/t8-,10-,11-,12+,14+,15-,16+,18-/m0/s1. The molecule has 8 atom stereocenters. The molecule has 160 valence electrons. The molecule has 0 amide bonds. The van der Waals surface area contributed by atoms with E-state index in [-0.39, 0.29) is 24.3 Å². The predicted molar refractivity (Wildman–Crippen MR) is 92.9 cm³/mol. The Morgan fingerprint density at radius 1 is 1.21 bits per heavy atom. The average Bonchev–Trinajstić information content (AvgIpc) is 2.68. The molecule has 0 bridgehead atoms. The lowest BCUT2D eigenvalue weighted by molar-refractivity contribution is -0.316. The zero-order chi connectivity index (χ0) is 21.0. The third-order valence-corrected chi connectivity index (χ3v) is 5.45. The fourth-order valence-corrected chi connectivity index (χ4v) is 3.89. The number of carbonyl (C=O) groups is 2. The van der Waals surface area contributed by atoms with Gasteiger partial charge in [0.05, 0.1) is 26.2 Å². The highest BCUT2D eigenvalue weighted by atomic mass is 16.7. The second kappa shape index (κ2) is 9.77. The van der Waals surface area contributed by atoms with Crippen molar-refractivity contribution in [3.05, 3.63) is 11.6 Å². The number of carbonyl (C=O) groups excluding carboxylic acids is 1. The molecule has 0 unspecified atom stereocenters. The van der Waals surface area contributed by atoms with E-state index >= 15 is 0 Å². The summed E-state index contributed by atoms with van der Waals surface area (Å²) in [4.78, 5) is 23.4. The summed E-state index contributed by atoms with van der Waals surface area (Å²) in [6.45, 7) is 1.24. The van der Waals surface area contributed by atoms with E-state index in [1.807, 2.05) is 6.92 Å². The lowest BCUT2D eigenvalue weighted by Crippen LogP contribution is -2.60. The van der Waals surface area contributed by atoms with E-state index in [0.717, 1.165) is 0 Å². The van der Waals surface area contributed by atoms with E-state index in [1.54, 1.807) is 0 Å². The van der Waals surface area contributed by atoms with Crippen LogP contribution in [0.1, 0.15) is 26.2 Å². The van der Waals surface area contributed by atoms with Crippen LogP contribution in [0.4, 0.5) is 0 Å². The summed E-state index contributed by atoms with van der Waals surface area (Å²) in [5, 5.41) is 48.7. The van der Waals surface area contributed by atoms with Crippen LogP contribution in [0.2, 0.25) is 0 Å². The van der Waals surface area contributed by atoms with Gasteiger partial charge in [0.15, 0.2) is 6.29 Å². The Balaban J connectivity index is 2.22. The summed E-state index contributed by atoms with van der Waals surface area (Å²) in [7, 11) is 1.22. The van der Waals surface area contributed by atoms with Crippen molar-refractivity contribution < 1.29 is 49.3 Å². The van der Waals surface area contributed by atoms with Gasteiger partial charge in [-0.2, -0.15) is 0 Å². The van der Waals surface area contributed by atoms with Gasteiger partial charge in [0, 0.05) is 11.5 Å². The van der Waals surface area contributed by atoms with Gasteiger partial charge < -0.3 is 39.7 Å². The van der Waals surface area contributed by atoms with Crippen LogP contribution in [0.25, 0.3) is 0 Å². The van der Waals surface area contributed by atoms with Crippen LogP contribution in [0.15, 0.2) is 11.6 Å². The molecule has 1 fully saturated rings. The zero-order valence-electron chi connectivity index (χ0n) is 15.8. The van der Waals surface area contributed by atoms with E-state index in [2.05, 4.69) is 4.74 Å². The van der Waals surface area contributed by atoms with Crippen LogP contribution < -0.4 is 0 Å². The van der Waals surface area contributed by atoms with Crippen molar-refractivity contribution in [2.45, 2.75) is 63.0 Å². The number of carboxylic acid groups (broad SMARTS) is 1. The molecule has 0 saturated carbocycles. The monoisotopic (exact) mass is 404 g/mol. The summed E-state index contributed by atoms with van der Waals surface area (Å²) in [6.07, 6.45) is -5.66. The number of hydrogen-bond acceptors (Lipinski definition) is 9. The molecule has 0 radical (unpaired) electrons. The van der Waals surface area contributed by atoms with Crippen molar-refractivity contribution in [1.29, 1.82) is 0 Å². The molecule has 0 aromatic heterocycles. The number of aliphatic carboxylic acids is 1. The van der Waals surface area contributed by atoms with Crippen molar-refractivity contribution in [2.75, 3.05) is 13.7 Å². The van der Waals surface area contributed by atoms with Gasteiger partial charge >= 0.3 is 11.9 Å². The smallest absolute Gasteiger partial charge is 0.331 e. The molecule has 1 saturated heterocycles. The number of hydrogen-bond donors (Lipinski definition) is 5. The first-order valence-corrected chi connectivity index (χ1v) is 9.21. The first-order valence-electron chi connectivity index (χ1n) is 9.21. The summed E-state index contributed by atoms with van der Waals surface area (Å²) in [5.74, 6) is -2.72. The molecule has 0 aromatic rings. The molecule has 10 heteroatoms. The molecule has 1 heterocycles. The Bertz CT molecular complexity index is 589. The Kier molecular flexibility index (Phi) is 7.93. The summed E-state index contributed by atoms with van der Waals surface area (Å²) < 4.78 is 15.9. The number of aliphatic hydroxyl groups excluding tert-OH is 4. The van der Waals surface area contributed by atoms with E-state index in [0.29, 0.717) is 6.42 Å². The lowest BCUT2D eigenvalue weighted by atomic mass is 9.73. The van der Waals surface area contributed by atoms with E-state index in [9.17, 15) is 35.1 Å². The Morgan fingerprint density at radius 2 is 1.89 bits per heavy atom. The highest BCUT2D eigenvalue weighted by Gasteiger charge is 2.47. The minimum Gasteiger partial charge on any atom is -0.478 e. The molecule has 1 aliphatic carbocycles. The molecule has 0 aromatic carbocycles. The van der Waals surface area contributed by atoms with Crippen LogP contribution in [-0.4, -0.2) is 88.0 Å². The minimum absolute atomic E-state index is 0.103. The average molecular weight is 404 g/mol. The zero-order valence-corrected chi connectivity index (χ0v) is 15.8. The van der Waals surface area contributed by atoms with Crippen molar-refractivity contribution in [2.24, 2.45) is 11.8 Å². The van der Waals surface area contributed by atoms with E-state index in [1.165, 1.54) is 13.2 Å². The number of ether oxygens (including phenoxy) is 3. The molecule has 2 rings (SSSR count). The van der Waals surface area contributed by atoms with Gasteiger partial charge in [-0.15, -0.1) is 0 Å². The second-order valence-electron chi connectivity index (χ2n) is 7.03. The normalized spacial score (nSPS) is 38.6. The predicted octanol–water partition coefficient (Wildman–Crippen LogP) is -1.21. The van der Waals surface area contributed by atoms with Gasteiger partial charge in [0.2, 0.25) is 0 Å². The Labute approximate surface area is 162 Å². The number of carboxylic acids is 1. The molecule has 0 spiro atoms. The molecular weight excluding hydrogens is 376 g/mol. The van der Waals surface area contributed by atoms with Gasteiger partial charge in [-0.05, 0) is 12.3 Å². The Hall–Kier alpha value is -1.56. The molecule has 2 aliphatic rings. The number of esters is 1. The summed E-state index contributed by atoms with van der Waals surface area (Å²) >= 11 is 0. The molecule has 5 N–H and O–H groups in total. The minimum atomic E-state index is -1.57. The van der Waals surface area contributed by atoms with Crippen molar-refractivity contribution in [3.63, 3.8) is 0 Å². The maximum atomic E-state index is 11.8. The fraction of sp³-hybridized carbons (Fsp3) is 0.778. The fourth-order valence-electron chi connectivity index (χ4n) is 3.89. The van der Waals surface area contributed by atoms with E-state index in [4.69, 9.17) is 9.47 Å². The molecule has 10 nitrogen and oxygen atoms in total. The highest BCUT2D eigenvalue weighted by molar-refractivity contribution is 5.88. The van der Waals surface area contributed by atoms with Gasteiger partial charge in [-0.1, -0.05) is 19.4 Å². The highest BCUT2D eigenvalue weighted by Crippen LogP contribution is 2.39. The van der Waals surface area contributed by atoms with Crippen LogP contribution in [0.5, 0.6) is 0 Å². The molecule has 1 aliphatic heterocycles. The molecular formula is C18H28O10.